The van der Waals surface area contributed by atoms with Gasteiger partial charge in [0.15, 0.2) is 0 Å². The van der Waals surface area contributed by atoms with Gasteiger partial charge in [0.1, 0.15) is 10.7 Å². The number of hydrogen-bond acceptors (Lipinski definition) is 3. The average Bonchev–Trinajstić information content (AvgIpc) is 2.35. The van der Waals surface area contributed by atoms with E-state index in [2.05, 4.69) is 20.7 Å². The first-order chi connectivity index (χ1) is 8.88. The van der Waals surface area contributed by atoms with Gasteiger partial charge in [0, 0.05) is 16.6 Å². The first kappa shape index (κ1) is 14.9. The molecule has 7 heteroatoms. The van der Waals surface area contributed by atoms with Gasteiger partial charge in [-0.05, 0) is 43.9 Å². The number of nitrogens with two attached hydrogens (primary N) is 1. The summed E-state index contributed by atoms with van der Waals surface area (Å²) in [5.41, 5.74) is 5.77. The summed E-state index contributed by atoms with van der Waals surface area (Å²) < 4.78 is 41.0. The maximum absolute atomic E-state index is 13.6. The first-order valence-electron chi connectivity index (χ1n) is 6.11. The second-order valence-electron chi connectivity index (χ2n) is 4.81. The predicted molar refractivity (Wildman–Crippen MR) is 74.7 cm³/mol. The second kappa shape index (κ2) is 5.87. The molecule has 1 aromatic rings. The normalized spacial score (nSPS) is 24.4. The molecule has 1 aromatic carbocycles. The molecular formula is C12H16BrFN2O2S. The molecule has 0 atom stereocenters. The number of hydrogen-bond donors (Lipinski definition) is 2. The van der Waals surface area contributed by atoms with Crippen LogP contribution in [0.2, 0.25) is 0 Å². The van der Waals surface area contributed by atoms with Gasteiger partial charge in [-0.2, -0.15) is 0 Å². The highest BCUT2D eigenvalue weighted by atomic mass is 79.9. The minimum absolute atomic E-state index is 0.142. The molecule has 1 fully saturated rings. The maximum Gasteiger partial charge on any atom is 0.243 e. The average molecular weight is 351 g/mol. The van der Waals surface area contributed by atoms with Crippen molar-refractivity contribution in [1.82, 2.24) is 4.72 Å². The lowest BCUT2D eigenvalue weighted by Gasteiger charge is -2.26. The summed E-state index contributed by atoms with van der Waals surface area (Å²) in [6.45, 7) is 0. The number of rotatable bonds is 3. The summed E-state index contributed by atoms with van der Waals surface area (Å²) in [6.07, 6.45) is 2.95. The zero-order chi connectivity index (χ0) is 14.0. The van der Waals surface area contributed by atoms with Crippen LogP contribution in [0.1, 0.15) is 25.7 Å². The van der Waals surface area contributed by atoms with Crippen LogP contribution in [0.5, 0.6) is 0 Å². The molecule has 0 radical (unpaired) electrons. The fourth-order valence-electron chi connectivity index (χ4n) is 2.20. The molecule has 0 amide bonds. The Balaban J connectivity index is 2.16. The van der Waals surface area contributed by atoms with Gasteiger partial charge >= 0.3 is 0 Å². The van der Waals surface area contributed by atoms with Crippen LogP contribution in [0.3, 0.4) is 0 Å². The van der Waals surface area contributed by atoms with Gasteiger partial charge < -0.3 is 5.73 Å². The van der Waals surface area contributed by atoms with Gasteiger partial charge in [-0.3, -0.25) is 0 Å². The highest BCUT2D eigenvalue weighted by Gasteiger charge is 2.26. The summed E-state index contributed by atoms with van der Waals surface area (Å²) in [5, 5.41) is 0. The fraction of sp³-hybridized carbons (Fsp3) is 0.500. The Morgan fingerprint density at radius 1 is 1.26 bits per heavy atom. The molecule has 3 N–H and O–H groups in total. The van der Waals surface area contributed by atoms with Crippen LogP contribution in [-0.4, -0.2) is 20.5 Å². The second-order valence-corrected chi connectivity index (χ2v) is 7.41. The van der Waals surface area contributed by atoms with Gasteiger partial charge in [0.05, 0.1) is 0 Å². The van der Waals surface area contributed by atoms with E-state index in [4.69, 9.17) is 5.73 Å². The number of benzene rings is 1. The van der Waals surface area contributed by atoms with Gasteiger partial charge in [-0.1, -0.05) is 15.9 Å². The van der Waals surface area contributed by atoms with Crippen molar-refractivity contribution in [3.8, 4) is 0 Å². The van der Waals surface area contributed by atoms with Crippen molar-refractivity contribution in [2.45, 2.75) is 42.7 Å². The quantitative estimate of drug-likeness (QED) is 0.876. The standard InChI is InChI=1S/C12H16BrFN2O2S/c13-8-1-6-11(14)12(7-8)19(17,18)16-10-4-2-9(15)3-5-10/h1,6-7,9-10,16H,2-5,15H2. The largest absolute Gasteiger partial charge is 0.328 e. The minimum Gasteiger partial charge on any atom is -0.328 e. The lowest BCUT2D eigenvalue weighted by Crippen LogP contribution is -2.40. The molecule has 0 bridgehead atoms. The van der Waals surface area contributed by atoms with E-state index in [1.54, 1.807) is 0 Å². The summed E-state index contributed by atoms with van der Waals surface area (Å²) in [6, 6.07) is 3.85. The highest BCUT2D eigenvalue weighted by molar-refractivity contribution is 9.10. The molecule has 0 saturated heterocycles. The molecule has 0 heterocycles. The molecule has 1 aliphatic rings. The lowest BCUT2D eigenvalue weighted by atomic mass is 9.93. The molecule has 1 saturated carbocycles. The smallest absolute Gasteiger partial charge is 0.243 e. The Morgan fingerprint density at radius 2 is 1.89 bits per heavy atom. The third kappa shape index (κ3) is 3.75. The van der Waals surface area contributed by atoms with Crippen LogP contribution in [0.15, 0.2) is 27.6 Å². The minimum atomic E-state index is -3.83. The van der Waals surface area contributed by atoms with Gasteiger partial charge in [-0.15, -0.1) is 0 Å². The first-order valence-corrected chi connectivity index (χ1v) is 8.39. The molecule has 2 rings (SSSR count). The molecule has 4 nitrogen and oxygen atoms in total. The lowest BCUT2D eigenvalue weighted by molar-refractivity contribution is 0.373. The van der Waals surface area contributed by atoms with Crippen LogP contribution in [0.25, 0.3) is 0 Å². The molecule has 19 heavy (non-hydrogen) atoms. The Hall–Kier alpha value is -0.500. The van der Waals surface area contributed by atoms with E-state index in [1.165, 1.54) is 12.1 Å². The van der Waals surface area contributed by atoms with Crippen molar-refractivity contribution in [3.63, 3.8) is 0 Å². The van der Waals surface area contributed by atoms with Gasteiger partial charge in [-0.25, -0.2) is 17.5 Å². The molecule has 0 unspecified atom stereocenters. The Morgan fingerprint density at radius 3 is 2.53 bits per heavy atom. The molecule has 0 aliphatic heterocycles. The maximum atomic E-state index is 13.6. The van der Waals surface area contributed by atoms with Gasteiger partial charge in [0.2, 0.25) is 10.0 Å². The van der Waals surface area contributed by atoms with E-state index in [1.807, 2.05) is 0 Å². The van der Waals surface area contributed by atoms with Crippen molar-refractivity contribution < 1.29 is 12.8 Å². The number of nitrogens with one attached hydrogen (secondary N) is 1. The van der Waals surface area contributed by atoms with E-state index in [0.717, 1.165) is 18.9 Å². The third-order valence-electron chi connectivity index (χ3n) is 3.28. The van der Waals surface area contributed by atoms with E-state index >= 15 is 0 Å². The summed E-state index contributed by atoms with van der Waals surface area (Å²) >= 11 is 3.15. The topological polar surface area (TPSA) is 72.2 Å². The zero-order valence-corrected chi connectivity index (χ0v) is 12.7. The summed E-state index contributed by atoms with van der Waals surface area (Å²) in [4.78, 5) is -0.322. The Kier molecular flexibility index (Phi) is 4.60. The Bertz CT molecular complexity index is 557. The monoisotopic (exact) mass is 350 g/mol. The van der Waals surface area contributed by atoms with Crippen molar-refractivity contribution in [2.24, 2.45) is 5.73 Å². The van der Waals surface area contributed by atoms with Crippen molar-refractivity contribution in [2.75, 3.05) is 0 Å². The molecule has 1 aliphatic carbocycles. The van der Waals surface area contributed by atoms with Crippen molar-refractivity contribution >= 4 is 26.0 Å². The molecule has 0 spiro atoms. The van der Waals surface area contributed by atoms with Crippen LogP contribution in [0.4, 0.5) is 4.39 Å². The highest BCUT2D eigenvalue weighted by Crippen LogP contribution is 2.23. The number of halogens is 2. The predicted octanol–water partition coefficient (Wildman–Crippen LogP) is 2.14. The van der Waals surface area contributed by atoms with Crippen LogP contribution < -0.4 is 10.5 Å². The van der Waals surface area contributed by atoms with E-state index in [-0.39, 0.29) is 17.0 Å². The van der Waals surface area contributed by atoms with Crippen molar-refractivity contribution in [3.05, 3.63) is 28.5 Å². The zero-order valence-electron chi connectivity index (χ0n) is 10.3. The fourth-order valence-corrected chi connectivity index (χ4v) is 4.12. The SMILES string of the molecule is NC1CCC(NS(=O)(=O)c2cc(Br)ccc2F)CC1. The van der Waals surface area contributed by atoms with E-state index < -0.39 is 15.8 Å². The van der Waals surface area contributed by atoms with Crippen molar-refractivity contribution in [1.29, 1.82) is 0 Å². The molecule has 0 aromatic heterocycles. The van der Waals surface area contributed by atoms with E-state index in [9.17, 15) is 12.8 Å². The third-order valence-corrected chi connectivity index (χ3v) is 5.31. The van der Waals surface area contributed by atoms with Gasteiger partial charge in [0.25, 0.3) is 0 Å². The summed E-state index contributed by atoms with van der Waals surface area (Å²) in [5.74, 6) is -0.747. The molecular weight excluding hydrogens is 335 g/mol. The number of sulfonamides is 1. The van der Waals surface area contributed by atoms with Crippen LogP contribution in [0, 0.1) is 5.82 Å². The van der Waals surface area contributed by atoms with E-state index in [0.29, 0.717) is 17.3 Å². The Labute approximate surface area is 120 Å². The van der Waals surface area contributed by atoms with Crippen LogP contribution >= 0.6 is 15.9 Å². The summed E-state index contributed by atoms with van der Waals surface area (Å²) in [7, 11) is -3.83. The molecule has 106 valence electrons. The van der Waals surface area contributed by atoms with Crippen LogP contribution in [-0.2, 0) is 10.0 Å².